The fourth-order valence-corrected chi connectivity index (χ4v) is 4.48. The third-order valence-electron chi connectivity index (χ3n) is 4.73. The third-order valence-corrected chi connectivity index (χ3v) is 5.93. The Morgan fingerprint density at radius 1 is 1.42 bits per heavy atom. The van der Waals surface area contributed by atoms with Gasteiger partial charge in [0, 0.05) is 6.54 Å². The molecule has 0 saturated carbocycles. The number of nitrogens with one attached hydrogen (secondary N) is 2. The van der Waals surface area contributed by atoms with Crippen LogP contribution in [0.5, 0.6) is 0 Å². The van der Waals surface area contributed by atoms with Crippen LogP contribution in [0.4, 0.5) is 0 Å². The highest BCUT2D eigenvalue weighted by Gasteiger charge is 2.28. The second-order valence-electron chi connectivity index (χ2n) is 7.27. The van der Waals surface area contributed by atoms with Crippen molar-refractivity contribution in [3.05, 3.63) is 29.3 Å². The van der Waals surface area contributed by atoms with Crippen LogP contribution in [-0.2, 0) is 4.79 Å². The molecule has 1 aliphatic rings. The Morgan fingerprint density at radius 2 is 2.25 bits per heavy atom. The number of quaternary nitrogens is 1. The number of fused-ring (bicyclic) bond motifs is 1. The van der Waals surface area contributed by atoms with Crippen LogP contribution in [0.3, 0.4) is 0 Å². The highest BCUT2D eigenvalue weighted by Crippen LogP contribution is 2.30. The van der Waals surface area contributed by atoms with Gasteiger partial charge < -0.3 is 10.2 Å². The number of thiazole rings is 1. The summed E-state index contributed by atoms with van der Waals surface area (Å²) in [5, 5.41) is 4.31. The van der Waals surface area contributed by atoms with Crippen LogP contribution in [0, 0.1) is 5.92 Å². The summed E-state index contributed by atoms with van der Waals surface area (Å²) in [5.41, 5.74) is 1.11. The van der Waals surface area contributed by atoms with E-state index in [1.54, 1.807) is 0 Å². The minimum Gasteiger partial charge on any atom is -0.351 e. The lowest BCUT2D eigenvalue weighted by atomic mass is 9.99. The second kappa shape index (κ2) is 8.08. The summed E-state index contributed by atoms with van der Waals surface area (Å²) in [6, 6.07) is 8.35. The first-order valence-electron chi connectivity index (χ1n) is 9.07. The van der Waals surface area contributed by atoms with Gasteiger partial charge >= 0.3 is 0 Å². The number of hydrogen-bond acceptors (Lipinski definition) is 3. The Labute approximate surface area is 148 Å². The molecule has 1 aromatic carbocycles. The van der Waals surface area contributed by atoms with E-state index in [-0.39, 0.29) is 5.91 Å². The Hall–Kier alpha value is -1.46. The monoisotopic (exact) mass is 346 g/mol. The van der Waals surface area contributed by atoms with Crippen LogP contribution in [0.15, 0.2) is 24.3 Å². The van der Waals surface area contributed by atoms with Gasteiger partial charge in [0.25, 0.3) is 5.91 Å². The van der Waals surface area contributed by atoms with Crippen LogP contribution in [0.25, 0.3) is 10.2 Å². The van der Waals surface area contributed by atoms with Crippen LogP contribution >= 0.6 is 11.3 Å². The molecule has 0 bridgehead atoms. The first-order valence-corrected chi connectivity index (χ1v) is 9.89. The summed E-state index contributed by atoms with van der Waals surface area (Å²) >= 11 is 1.82. The number of para-hydroxylation sites is 1. The molecule has 0 aliphatic carbocycles. The smallest absolute Gasteiger partial charge is 0.275 e. The van der Waals surface area contributed by atoms with Crippen LogP contribution in [-0.4, -0.2) is 37.1 Å². The maximum absolute atomic E-state index is 12.1. The van der Waals surface area contributed by atoms with Gasteiger partial charge in [-0.25, -0.2) is 4.98 Å². The zero-order chi connectivity index (χ0) is 16.9. The Balaban J connectivity index is 1.55. The minimum atomic E-state index is 0.190. The molecule has 5 heteroatoms. The van der Waals surface area contributed by atoms with Crippen molar-refractivity contribution in [1.82, 2.24) is 10.3 Å². The number of carbonyl (C=O) groups excluding carboxylic acids is 1. The molecule has 24 heavy (non-hydrogen) atoms. The summed E-state index contributed by atoms with van der Waals surface area (Å²) in [6.45, 7) is 7.89. The number of amides is 1. The number of carbonyl (C=O) groups is 1. The van der Waals surface area contributed by atoms with Crippen molar-refractivity contribution in [1.29, 1.82) is 0 Å². The molecule has 130 valence electrons. The Morgan fingerprint density at radius 3 is 3.04 bits per heavy atom. The number of nitrogens with zero attached hydrogens (tertiary/aromatic N) is 1. The number of piperidine rings is 1. The largest absolute Gasteiger partial charge is 0.351 e. The molecular weight excluding hydrogens is 318 g/mol. The lowest BCUT2D eigenvalue weighted by Crippen LogP contribution is -3.14. The van der Waals surface area contributed by atoms with Gasteiger partial charge in [0.15, 0.2) is 6.54 Å². The summed E-state index contributed by atoms with van der Waals surface area (Å²) in [6.07, 6.45) is 3.42. The summed E-state index contributed by atoms with van der Waals surface area (Å²) in [7, 11) is 0. The van der Waals surface area contributed by atoms with Crippen LogP contribution < -0.4 is 10.2 Å². The fourth-order valence-electron chi connectivity index (χ4n) is 3.38. The van der Waals surface area contributed by atoms with Gasteiger partial charge in [0.05, 0.1) is 29.2 Å². The predicted octanol–water partition coefficient (Wildman–Crippen LogP) is 2.22. The quantitative estimate of drug-likeness (QED) is 0.842. The molecule has 1 amide bonds. The van der Waals surface area contributed by atoms with Crippen molar-refractivity contribution in [3.8, 4) is 0 Å². The van der Waals surface area contributed by atoms with Gasteiger partial charge in [-0.1, -0.05) is 26.0 Å². The average Bonchev–Trinajstić information content (AvgIpc) is 2.99. The number of rotatable bonds is 6. The SMILES string of the molecule is CC(C)CCNC(=O)C[NH+]1CCC[C@H](c2nc3ccccc3s2)C1. The van der Waals surface area contributed by atoms with E-state index < -0.39 is 0 Å². The number of aromatic nitrogens is 1. The highest BCUT2D eigenvalue weighted by atomic mass is 32.1. The van der Waals surface area contributed by atoms with Crippen molar-refractivity contribution >= 4 is 27.5 Å². The molecule has 4 nitrogen and oxygen atoms in total. The molecule has 0 radical (unpaired) electrons. The second-order valence-corrected chi connectivity index (χ2v) is 8.33. The minimum absolute atomic E-state index is 0.190. The van der Waals surface area contributed by atoms with E-state index in [0.29, 0.717) is 18.4 Å². The summed E-state index contributed by atoms with van der Waals surface area (Å²) in [5.74, 6) is 1.32. The standard InChI is InChI=1S/C19H27N3OS/c1-14(2)9-10-20-18(23)13-22-11-5-6-15(12-22)19-21-16-7-3-4-8-17(16)24-19/h3-4,7-8,14-15H,5-6,9-13H2,1-2H3,(H,20,23)/p+1/t15-/m0/s1. The first-order chi connectivity index (χ1) is 11.6. The van der Waals surface area contributed by atoms with E-state index in [1.807, 2.05) is 17.4 Å². The number of likely N-dealkylation sites (tertiary alicyclic amines) is 1. The van der Waals surface area contributed by atoms with Crippen molar-refractivity contribution in [3.63, 3.8) is 0 Å². The van der Waals surface area contributed by atoms with E-state index in [1.165, 1.54) is 27.4 Å². The maximum Gasteiger partial charge on any atom is 0.275 e. The van der Waals surface area contributed by atoms with Crippen molar-refractivity contribution in [2.24, 2.45) is 5.92 Å². The van der Waals surface area contributed by atoms with Gasteiger partial charge in [-0.3, -0.25) is 4.79 Å². The van der Waals surface area contributed by atoms with E-state index >= 15 is 0 Å². The zero-order valence-electron chi connectivity index (χ0n) is 14.7. The van der Waals surface area contributed by atoms with E-state index in [4.69, 9.17) is 4.98 Å². The van der Waals surface area contributed by atoms with Crippen molar-refractivity contribution < 1.29 is 9.69 Å². The summed E-state index contributed by atoms with van der Waals surface area (Å²) in [4.78, 5) is 18.4. The van der Waals surface area contributed by atoms with Gasteiger partial charge in [-0.15, -0.1) is 11.3 Å². The zero-order valence-corrected chi connectivity index (χ0v) is 15.5. The lowest BCUT2D eigenvalue weighted by Gasteiger charge is -2.28. The molecule has 2 N–H and O–H groups in total. The highest BCUT2D eigenvalue weighted by molar-refractivity contribution is 7.18. The lowest BCUT2D eigenvalue weighted by molar-refractivity contribution is -0.898. The Kier molecular flexibility index (Phi) is 5.85. The summed E-state index contributed by atoms with van der Waals surface area (Å²) < 4.78 is 1.27. The van der Waals surface area contributed by atoms with Gasteiger partial charge in [0.2, 0.25) is 0 Å². The van der Waals surface area contributed by atoms with Crippen molar-refractivity contribution in [2.45, 2.75) is 39.0 Å². The molecule has 2 heterocycles. The molecule has 1 fully saturated rings. The van der Waals surface area contributed by atoms with E-state index in [0.717, 1.165) is 31.6 Å². The van der Waals surface area contributed by atoms with Crippen LogP contribution in [0.2, 0.25) is 0 Å². The van der Waals surface area contributed by atoms with Gasteiger partial charge in [-0.2, -0.15) is 0 Å². The molecular formula is C19H28N3OS+. The molecule has 1 aromatic heterocycles. The first kappa shape index (κ1) is 17.4. The number of benzene rings is 1. The topological polar surface area (TPSA) is 46.4 Å². The van der Waals surface area contributed by atoms with Crippen molar-refractivity contribution in [2.75, 3.05) is 26.2 Å². The molecule has 2 aromatic rings. The third kappa shape index (κ3) is 4.54. The van der Waals surface area contributed by atoms with Crippen LogP contribution in [0.1, 0.15) is 44.0 Å². The molecule has 3 rings (SSSR count). The number of hydrogen-bond donors (Lipinski definition) is 2. The normalized spacial score (nSPS) is 21.3. The molecule has 2 atom stereocenters. The van der Waals surface area contributed by atoms with Gasteiger partial charge in [0.1, 0.15) is 5.01 Å². The van der Waals surface area contributed by atoms with Gasteiger partial charge in [-0.05, 0) is 37.3 Å². The molecule has 0 spiro atoms. The fraction of sp³-hybridized carbons (Fsp3) is 0.579. The molecule has 1 saturated heterocycles. The maximum atomic E-state index is 12.1. The predicted molar refractivity (Wildman–Crippen MR) is 99.6 cm³/mol. The molecule has 1 aliphatic heterocycles. The molecule has 1 unspecified atom stereocenters. The van der Waals surface area contributed by atoms with E-state index in [9.17, 15) is 4.79 Å². The van der Waals surface area contributed by atoms with E-state index in [2.05, 4.69) is 37.4 Å². The average molecular weight is 347 g/mol. The Bertz CT molecular complexity index is 649.